The summed E-state index contributed by atoms with van der Waals surface area (Å²) in [6.45, 7) is 1.35. The molecule has 1 aromatic heterocycles. The first-order chi connectivity index (χ1) is 12.8. The zero-order valence-corrected chi connectivity index (χ0v) is 16.0. The number of carbonyl (C=O) groups excluding carboxylic acids is 1. The number of benzene rings is 1. The molecule has 0 radical (unpaired) electrons. The lowest BCUT2D eigenvalue weighted by Gasteiger charge is -2.29. The van der Waals surface area contributed by atoms with Gasteiger partial charge in [0.25, 0.3) is 0 Å². The summed E-state index contributed by atoms with van der Waals surface area (Å²) in [5, 5.41) is 4.18. The molecule has 1 heterocycles. The molecule has 2 saturated carbocycles. The maximum atomic E-state index is 13.0. The minimum absolute atomic E-state index is 0.262. The van der Waals surface area contributed by atoms with Gasteiger partial charge in [0.15, 0.2) is 0 Å². The van der Waals surface area contributed by atoms with E-state index in [1.807, 2.05) is 12.1 Å². The Bertz CT molecular complexity index is 700. The number of nitrogens with zero attached hydrogens (tertiary/aromatic N) is 1. The van der Waals surface area contributed by atoms with Gasteiger partial charge in [0.1, 0.15) is 12.4 Å². The van der Waals surface area contributed by atoms with Crippen molar-refractivity contribution in [1.29, 1.82) is 0 Å². The molecule has 2 aliphatic carbocycles. The number of thiophene rings is 1. The van der Waals surface area contributed by atoms with Crippen LogP contribution in [0.15, 0.2) is 41.1 Å². The number of rotatable bonds is 7. The molecule has 0 atom stereocenters. The van der Waals surface area contributed by atoms with Crippen LogP contribution >= 0.6 is 11.3 Å². The lowest BCUT2D eigenvalue weighted by atomic mass is 9.88. The summed E-state index contributed by atoms with van der Waals surface area (Å²) in [4.78, 5) is 15.1. The number of ether oxygens (including phenoxy) is 1. The van der Waals surface area contributed by atoms with Crippen molar-refractivity contribution in [2.45, 2.75) is 64.1 Å². The molecule has 0 unspecified atom stereocenters. The van der Waals surface area contributed by atoms with Crippen molar-refractivity contribution < 1.29 is 9.53 Å². The monoisotopic (exact) mass is 369 g/mol. The second kappa shape index (κ2) is 8.26. The van der Waals surface area contributed by atoms with Gasteiger partial charge in [0.05, 0.1) is 0 Å². The van der Waals surface area contributed by atoms with Gasteiger partial charge in [0, 0.05) is 18.5 Å². The highest BCUT2D eigenvalue weighted by Gasteiger charge is 2.36. The van der Waals surface area contributed by atoms with Gasteiger partial charge in [-0.2, -0.15) is 11.3 Å². The summed E-state index contributed by atoms with van der Waals surface area (Å²) in [7, 11) is 0. The fourth-order valence-corrected chi connectivity index (χ4v) is 4.44. The highest BCUT2D eigenvalue weighted by molar-refractivity contribution is 7.07. The van der Waals surface area contributed by atoms with Crippen LogP contribution in [0.4, 0.5) is 0 Å². The van der Waals surface area contributed by atoms with Crippen LogP contribution in [0.2, 0.25) is 0 Å². The predicted molar refractivity (Wildman–Crippen MR) is 105 cm³/mol. The molecule has 0 bridgehead atoms. The van der Waals surface area contributed by atoms with Crippen molar-refractivity contribution >= 4 is 17.2 Å². The average Bonchev–Trinajstić information content (AvgIpc) is 3.40. The van der Waals surface area contributed by atoms with Gasteiger partial charge in [0.2, 0.25) is 5.91 Å². The third-order valence-electron chi connectivity index (χ3n) is 5.49. The molecule has 0 spiro atoms. The maximum absolute atomic E-state index is 13.0. The second-order valence-corrected chi connectivity index (χ2v) is 8.38. The first-order valence-corrected chi connectivity index (χ1v) is 10.8. The van der Waals surface area contributed by atoms with Crippen LogP contribution in [0.1, 0.15) is 56.1 Å². The molecule has 1 aromatic carbocycles. The molecule has 3 nitrogen and oxygen atoms in total. The molecule has 2 aromatic rings. The van der Waals surface area contributed by atoms with Gasteiger partial charge in [-0.3, -0.25) is 4.79 Å². The van der Waals surface area contributed by atoms with E-state index in [9.17, 15) is 4.79 Å². The normalized spacial score (nSPS) is 17.8. The Morgan fingerprint density at radius 1 is 1.00 bits per heavy atom. The molecule has 4 rings (SSSR count). The molecule has 2 fully saturated rings. The molecular formula is C22H27NO2S. The third kappa shape index (κ3) is 4.47. The summed E-state index contributed by atoms with van der Waals surface area (Å²) >= 11 is 1.69. The predicted octanol–water partition coefficient (Wildman–Crippen LogP) is 5.40. The Balaban J connectivity index is 1.35. The summed E-state index contributed by atoms with van der Waals surface area (Å²) < 4.78 is 5.84. The molecule has 0 saturated heterocycles. The molecule has 0 N–H and O–H groups in total. The Hall–Kier alpha value is -1.81. The summed E-state index contributed by atoms with van der Waals surface area (Å²) in [6, 6.07) is 10.8. The quantitative estimate of drug-likeness (QED) is 0.654. The van der Waals surface area contributed by atoms with Crippen LogP contribution in [0.5, 0.6) is 5.75 Å². The van der Waals surface area contributed by atoms with E-state index in [1.165, 1.54) is 43.2 Å². The van der Waals surface area contributed by atoms with Gasteiger partial charge in [-0.15, -0.1) is 0 Å². The summed E-state index contributed by atoms with van der Waals surface area (Å²) in [6.07, 6.45) is 8.21. The Morgan fingerprint density at radius 3 is 2.42 bits per heavy atom. The Kier molecular flexibility index (Phi) is 5.59. The van der Waals surface area contributed by atoms with Crippen LogP contribution in [0.3, 0.4) is 0 Å². The van der Waals surface area contributed by atoms with Crippen LogP contribution in [0, 0.1) is 5.92 Å². The van der Waals surface area contributed by atoms with E-state index in [0.29, 0.717) is 18.6 Å². The minimum atomic E-state index is 0.262. The van der Waals surface area contributed by atoms with Crippen LogP contribution in [0.25, 0.3) is 0 Å². The summed E-state index contributed by atoms with van der Waals surface area (Å²) in [5.74, 6) is 1.54. The standard InChI is InChI=1S/C22H27NO2S/c24-22(19-4-2-1-3-5-19)23(20-8-9-20)14-17-6-10-21(11-7-17)25-15-18-12-13-26-16-18/h6-7,10-13,16,19-20H,1-5,8-9,14-15H2. The molecule has 2 aliphatic rings. The fourth-order valence-electron chi connectivity index (χ4n) is 3.79. The van der Waals surface area contributed by atoms with Crippen LogP contribution in [-0.4, -0.2) is 16.8 Å². The maximum Gasteiger partial charge on any atom is 0.226 e. The van der Waals surface area contributed by atoms with Crippen molar-refractivity contribution in [3.63, 3.8) is 0 Å². The lowest BCUT2D eigenvalue weighted by molar-refractivity contribution is -0.137. The van der Waals surface area contributed by atoms with Crippen molar-refractivity contribution in [1.82, 2.24) is 4.90 Å². The molecule has 4 heteroatoms. The van der Waals surface area contributed by atoms with E-state index in [2.05, 4.69) is 33.9 Å². The number of hydrogen-bond acceptors (Lipinski definition) is 3. The highest BCUT2D eigenvalue weighted by atomic mass is 32.1. The number of hydrogen-bond donors (Lipinski definition) is 0. The zero-order chi connectivity index (χ0) is 17.8. The Labute approximate surface area is 160 Å². The van der Waals surface area contributed by atoms with Crippen molar-refractivity contribution in [3.05, 3.63) is 52.2 Å². The van der Waals surface area contributed by atoms with E-state index in [0.717, 1.165) is 25.1 Å². The lowest BCUT2D eigenvalue weighted by Crippen LogP contribution is -2.38. The molecule has 1 amide bonds. The summed E-state index contributed by atoms with van der Waals surface area (Å²) in [5.41, 5.74) is 2.40. The zero-order valence-electron chi connectivity index (χ0n) is 15.2. The fraction of sp³-hybridized carbons (Fsp3) is 0.500. The minimum Gasteiger partial charge on any atom is -0.489 e. The third-order valence-corrected chi connectivity index (χ3v) is 6.22. The second-order valence-electron chi connectivity index (χ2n) is 7.60. The van der Waals surface area contributed by atoms with E-state index in [1.54, 1.807) is 11.3 Å². The molecule has 138 valence electrons. The van der Waals surface area contributed by atoms with Crippen LogP contribution < -0.4 is 4.74 Å². The number of carbonyl (C=O) groups is 1. The van der Waals surface area contributed by atoms with Crippen molar-refractivity contribution in [3.8, 4) is 5.75 Å². The van der Waals surface area contributed by atoms with Gasteiger partial charge in [-0.25, -0.2) is 0 Å². The van der Waals surface area contributed by atoms with Crippen LogP contribution in [-0.2, 0) is 17.9 Å². The first-order valence-electron chi connectivity index (χ1n) is 9.83. The van der Waals surface area contributed by atoms with Gasteiger partial charge in [-0.05, 0) is 65.8 Å². The van der Waals surface area contributed by atoms with E-state index in [4.69, 9.17) is 4.74 Å². The first kappa shape index (κ1) is 17.6. The van der Waals surface area contributed by atoms with Crippen molar-refractivity contribution in [2.75, 3.05) is 0 Å². The molecule has 0 aliphatic heterocycles. The highest BCUT2D eigenvalue weighted by Crippen LogP contribution is 2.33. The smallest absolute Gasteiger partial charge is 0.226 e. The van der Waals surface area contributed by atoms with E-state index in [-0.39, 0.29) is 5.92 Å². The SMILES string of the molecule is O=C(C1CCCCC1)N(Cc1ccc(OCc2ccsc2)cc1)C1CC1. The van der Waals surface area contributed by atoms with Gasteiger partial charge >= 0.3 is 0 Å². The van der Waals surface area contributed by atoms with Gasteiger partial charge < -0.3 is 9.64 Å². The Morgan fingerprint density at radius 2 is 1.77 bits per heavy atom. The topological polar surface area (TPSA) is 29.5 Å². The largest absolute Gasteiger partial charge is 0.489 e. The van der Waals surface area contributed by atoms with E-state index < -0.39 is 0 Å². The number of amides is 1. The van der Waals surface area contributed by atoms with E-state index >= 15 is 0 Å². The molecular weight excluding hydrogens is 342 g/mol. The molecule has 26 heavy (non-hydrogen) atoms. The van der Waals surface area contributed by atoms with Crippen molar-refractivity contribution in [2.24, 2.45) is 5.92 Å². The van der Waals surface area contributed by atoms with Gasteiger partial charge in [-0.1, -0.05) is 31.4 Å². The average molecular weight is 370 g/mol.